The summed E-state index contributed by atoms with van der Waals surface area (Å²) in [6.45, 7) is 0.642. The number of anilines is 1. The summed E-state index contributed by atoms with van der Waals surface area (Å²) in [4.78, 5) is 11.0. The van der Waals surface area contributed by atoms with Crippen LogP contribution in [0.5, 0.6) is 0 Å². The Morgan fingerprint density at radius 3 is 2.76 bits per heavy atom. The largest absolute Gasteiger partial charge is 0.478 e. The number of hydrogen-bond acceptors (Lipinski definition) is 5. The highest BCUT2D eigenvalue weighted by molar-refractivity contribution is 7.89. The number of aliphatic hydroxyl groups excluding tert-OH is 1. The smallest absolute Gasteiger partial charge is 0.337 e. The maximum Gasteiger partial charge on any atom is 0.337 e. The highest BCUT2D eigenvalue weighted by Gasteiger charge is 2.34. The van der Waals surface area contributed by atoms with Gasteiger partial charge in [-0.2, -0.15) is 4.31 Å². The van der Waals surface area contributed by atoms with E-state index in [1.54, 1.807) is 0 Å². The van der Waals surface area contributed by atoms with Gasteiger partial charge in [0.1, 0.15) is 0 Å². The van der Waals surface area contributed by atoms with Gasteiger partial charge in [-0.3, -0.25) is 0 Å². The number of sulfonamides is 1. The van der Waals surface area contributed by atoms with Crippen molar-refractivity contribution in [2.24, 2.45) is 5.92 Å². The minimum atomic E-state index is -3.87. The molecule has 21 heavy (non-hydrogen) atoms. The van der Waals surface area contributed by atoms with Gasteiger partial charge in [0.2, 0.25) is 10.0 Å². The minimum Gasteiger partial charge on any atom is -0.478 e. The van der Waals surface area contributed by atoms with Gasteiger partial charge in [0.15, 0.2) is 0 Å². The third-order valence-electron chi connectivity index (χ3n) is 3.64. The van der Waals surface area contributed by atoms with Crippen molar-refractivity contribution in [1.29, 1.82) is 0 Å². The first-order chi connectivity index (χ1) is 9.86. The SMILES string of the molecule is Nc1ccc(S(=O)(=O)N2CCC(CCO)C2)c(C(=O)O)c1. The molecular weight excluding hydrogens is 296 g/mol. The van der Waals surface area contributed by atoms with E-state index in [-0.39, 0.29) is 28.7 Å². The lowest BCUT2D eigenvalue weighted by Gasteiger charge is -2.18. The number of carbonyl (C=O) groups is 1. The van der Waals surface area contributed by atoms with Crippen LogP contribution in [0.1, 0.15) is 23.2 Å². The molecule has 116 valence electrons. The van der Waals surface area contributed by atoms with Crippen LogP contribution in [0.25, 0.3) is 0 Å². The molecule has 0 aliphatic carbocycles. The third-order valence-corrected chi connectivity index (χ3v) is 5.56. The number of nitrogens with two attached hydrogens (primary N) is 1. The van der Waals surface area contributed by atoms with Gasteiger partial charge in [0.05, 0.1) is 10.5 Å². The third kappa shape index (κ3) is 3.17. The predicted octanol–water partition coefficient (Wildman–Crippen LogP) is 0.360. The second-order valence-electron chi connectivity index (χ2n) is 5.09. The second-order valence-corrected chi connectivity index (χ2v) is 7.00. The number of aromatic carboxylic acids is 1. The van der Waals surface area contributed by atoms with Crippen molar-refractivity contribution in [3.05, 3.63) is 23.8 Å². The monoisotopic (exact) mass is 314 g/mol. The molecule has 2 rings (SSSR count). The van der Waals surface area contributed by atoms with Crippen LogP contribution in [0.15, 0.2) is 23.1 Å². The molecule has 0 spiro atoms. The molecule has 0 saturated carbocycles. The summed E-state index contributed by atoms with van der Waals surface area (Å²) >= 11 is 0. The molecule has 1 saturated heterocycles. The molecule has 1 heterocycles. The van der Waals surface area contributed by atoms with Crippen LogP contribution in [0.4, 0.5) is 5.69 Å². The Bertz CT molecular complexity index is 644. The van der Waals surface area contributed by atoms with Crippen LogP contribution in [0.2, 0.25) is 0 Å². The van der Waals surface area contributed by atoms with Crippen molar-refractivity contribution >= 4 is 21.7 Å². The summed E-state index contributed by atoms with van der Waals surface area (Å²) < 4.78 is 26.4. The molecule has 1 fully saturated rings. The van der Waals surface area contributed by atoms with Gasteiger partial charge in [0, 0.05) is 25.4 Å². The number of rotatable bonds is 5. The first kappa shape index (κ1) is 15.7. The zero-order chi connectivity index (χ0) is 15.6. The van der Waals surface area contributed by atoms with E-state index in [2.05, 4.69) is 0 Å². The van der Waals surface area contributed by atoms with Crippen molar-refractivity contribution in [2.75, 3.05) is 25.4 Å². The molecule has 4 N–H and O–H groups in total. The number of carboxylic acids is 1. The molecule has 7 nitrogen and oxygen atoms in total. The summed E-state index contributed by atoms with van der Waals surface area (Å²) in [6, 6.07) is 3.75. The van der Waals surface area contributed by atoms with Crippen LogP contribution < -0.4 is 5.73 Å². The molecule has 8 heteroatoms. The van der Waals surface area contributed by atoms with Gasteiger partial charge in [-0.15, -0.1) is 0 Å². The fourth-order valence-electron chi connectivity index (χ4n) is 2.51. The lowest BCUT2D eigenvalue weighted by atomic mass is 10.1. The summed E-state index contributed by atoms with van der Waals surface area (Å²) in [7, 11) is -3.87. The topological polar surface area (TPSA) is 121 Å². The van der Waals surface area contributed by atoms with Crippen LogP contribution in [-0.4, -0.2) is 48.6 Å². The van der Waals surface area contributed by atoms with E-state index in [0.29, 0.717) is 25.9 Å². The zero-order valence-electron chi connectivity index (χ0n) is 11.4. The Morgan fingerprint density at radius 1 is 1.43 bits per heavy atom. The van der Waals surface area contributed by atoms with Gasteiger partial charge in [-0.05, 0) is 37.0 Å². The molecule has 0 aromatic heterocycles. The van der Waals surface area contributed by atoms with E-state index in [1.165, 1.54) is 16.4 Å². The average molecular weight is 314 g/mol. The first-order valence-corrected chi connectivity index (χ1v) is 8.04. The summed E-state index contributed by atoms with van der Waals surface area (Å²) in [5.41, 5.74) is 5.41. The molecule has 0 radical (unpaired) electrons. The van der Waals surface area contributed by atoms with Gasteiger partial charge >= 0.3 is 5.97 Å². The fraction of sp³-hybridized carbons (Fsp3) is 0.462. The van der Waals surface area contributed by atoms with Crippen molar-refractivity contribution < 1.29 is 23.4 Å². The number of nitrogen functional groups attached to an aromatic ring is 1. The Balaban J connectivity index is 2.35. The van der Waals surface area contributed by atoms with Crippen LogP contribution in [-0.2, 0) is 10.0 Å². The van der Waals surface area contributed by atoms with Crippen molar-refractivity contribution in [3.8, 4) is 0 Å². The average Bonchev–Trinajstić information content (AvgIpc) is 2.88. The highest BCUT2D eigenvalue weighted by Crippen LogP contribution is 2.28. The van der Waals surface area contributed by atoms with E-state index in [0.717, 1.165) is 6.07 Å². The van der Waals surface area contributed by atoms with Crippen LogP contribution >= 0.6 is 0 Å². The number of nitrogens with zero attached hydrogens (tertiary/aromatic N) is 1. The number of benzene rings is 1. The Kier molecular flexibility index (Phi) is 4.50. The molecule has 0 amide bonds. The molecular formula is C13H18N2O5S. The quantitative estimate of drug-likeness (QED) is 0.675. The molecule has 1 atom stereocenters. The predicted molar refractivity (Wildman–Crippen MR) is 76.4 cm³/mol. The molecule has 1 aromatic carbocycles. The van der Waals surface area contributed by atoms with E-state index in [4.69, 9.17) is 15.9 Å². The standard InChI is InChI=1S/C13H18N2O5S/c14-10-1-2-12(11(7-10)13(17)18)21(19,20)15-5-3-9(8-15)4-6-16/h1-2,7,9,16H,3-6,8,14H2,(H,17,18). The lowest BCUT2D eigenvalue weighted by Crippen LogP contribution is -2.30. The molecule has 1 aliphatic heterocycles. The number of aliphatic hydroxyl groups is 1. The van der Waals surface area contributed by atoms with Crippen molar-refractivity contribution in [2.45, 2.75) is 17.7 Å². The molecule has 1 aromatic rings. The van der Waals surface area contributed by atoms with Crippen LogP contribution in [0, 0.1) is 5.92 Å². The normalized spacial score (nSPS) is 19.8. The van der Waals surface area contributed by atoms with Gasteiger partial charge in [-0.1, -0.05) is 0 Å². The summed E-state index contributed by atoms with van der Waals surface area (Å²) in [5, 5.41) is 18.1. The Labute approximate surface area is 123 Å². The minimum absolute atomic E-state index is 0.0147. The lowest BCUT2D eigenvalue weighted by molar-refractivity contribution is 0.0692. The van der Waals surface area contributed by atoms with Gasteiger partial charge in [-0.25, -0.2) is 13.2 Å². The first-order valence-electron chi connectivity index (χ1n) is 6.60. The molecule has 0 bridgehead atoms. The van der Waals surface area contributed by atoms with Gasteiger partial charge < -0.3 is 15.9 Å². The van der Waals surface area contributed by atoms with Crippen LogP contribution in [0.3, 0.4) is 0 Å². The van der Waals surface area contributed by atoms with Crippen molar-refractivity contribution in [1.82, 2.24) is 4.31 Å². The fourth-order valence-corrected chi connectivity index (χ4v) is 4.21. The number of carboxylic acid groups (broad SMARTS) is 1. The number of hydrogen-bond donors (Lipinski definition) is 3. The van der Waals surface area contributed by atoms with Gasteiger partial charge in [0.25, 0.3) is 0 Å². The maximum atomic E-state index is 12.6. The Morgan fingerprint density at radius 2 is 2.14 bits per heavy atom. The van der Waals surface area contributed by atoms with Crippen molar-refractivity contribution in [3.63, 3.8) is 0 Å². The summed E-state index contributed by atoms with van der Waals surface area (Å²) in [5.74, 6) is -1.22. The summed E-state index contributed by atoms with van der Waals surface area (Å²) in [6.07, 6.45) is 1.21. The molecule has 1 unspecified atom stereocenters. The second kappa shape index (κ2) is 6.00. The molecule has 1 aliphatic rings. The highest BCUT2D eigenvalue weighted by atomic mass is 32.2. The van der Waals surface area contributed by atoms with E-state index in [9.17, 15) is 13.2 Å². The maximum absolute atomic E-state index is 12.6. The zero-order valence-corrected chi connectivity index (χ0v) is 12.2. The van der Waals surface area contributed by atoms with E-state index >= 15 is 0 Å². The Hall–Kier alpha value is -1.64. The van der Waals surface area contributed by atoms with E-state index < -0.39 is 16.0 Å². The van der Waals surface area contributed by atoms with E-state index in [1.807, 2.05) is 0 Å².